The maximum atomic E-state index is 9.24. The molecule has 1 heterocycles. The first-order chi connectivity index (χ1) is 10.3. The van der Waals surface area contributed by atoms with E-state index >= 15 is 0 Å². The van der Waals surface area contributed by atoms with Gasteiger partial charge >= 0.3 is 0 Å². The number of hydrogen-bond donors (Lipinski definition) is 1. The van der Waals surface area contributed by atoms with E-state index < -0.39 is 0 Å². The Balaban J connectivity index is 1.90. The van der Waals surface area contributed by atoms with Crippen LogP contribution in [0, 0.1) is 11.3 Å². The van der Waals surface area contributed by atoms with E-state index in [-0.39, 0.29) is 6.61 Å². The Kier molecular flexibility index (Phi) is 4.05. The van der Waals surface area contributed by atoms with Gasteiger partial charge in [-0.05, 0) is 12.1 Å². The number of nitrogens with zero attached hydrogens (tertiary/aromatic N) is 3. The van der Waals surface area contributed by atoms with Crippen molar-refractivity contribution in [3.05, 3.63) is 42.0 Å². The van der Waals surface area contributed by atoms with Crippen LogP contribution in [0.5, 0.6) is 0 Å². The summed E-state index contributed by atoms with van der Waals surface area (Å²) in [5, 5.41) is 20.4. The van der Waals surface area contributed by atoms with E-state index in [2.05, 4.69) is 28.0 Å². The molecule has 0 bridgehead atoms. The van der Waals surface area contributed by atoms with Gasteiger partial charge in [-0.1, -0.05) is 24.3 Å². The third-order valence-corrected chi connectivity index (χ3v) is 4.15. The first-order valence-corrected chi connectivity index (χ1v) is 7.33. The van der Waals surface area contributed by atoms with Crippen molar-refractivity contribution in [2.75, 3.05) is 44.2 Å². The van der Waals surface area contributed by atoms with Crippen LogP contribution in [0.1, 0.15) is 5.56 Å². The monoisotopic (exact) mass is 281 g/mol. The average Bonchev–Trinajstić information content (AvgIpc) is 2.55. The molecule has 4 heteroatoms. The van der Waals surface area contributed by atoms with Crippen LogP contribution in [-0.4, -0.2) is 49.3 Å². The second kappa shape index (κ2) is 6.13. The van der Waals surface area contributed by atoms with E-state index in [1.165, 1.54) is 5.69 Å². The average molecular weight is 281 g/mol. The van der Waals surface area contributed by atoms with Crippen LogP contribution in [0.25, 0.3) is 10.8 Å². The van der Waals surface area contributed by atoms with Crippen LogP contribution < -0.4 is 4.90 Å². The van der Waals surface area contributed by atoms with E-state index in [1.807, 2.05) is 24.3 Å². The third kappa shape index (κ3) is 2.71. The van der Waals surface area contributed by atoms with E-state index in [1.54, 1.807) is 0 Å². The molecule has 1 aliphatic heterocycles. The van der Waals surface area contributed by atoms with Crippen LogP contribution in [0.3, 0.4) is 0 Å². The molecule has 108 valence electrons. The van der Waals surface area contributed by atoms with Gasteiger partial charge in [0, 0.05) is 49.2 Å². The predicted molar refractivity (Wildman–Crippen MR) is 84.4 cm³/mol. The fourth-order valence-corrected chi connectivity index (χ4v) is 3.01. The van der Waals surface area contributed by atoms with Crippen molar-refractivity contribution in [3.8, 4) is 6.07 Å². The minimum absolute atomic E-state index is 0.222. The van der Waals surface area contributed by atoms with Crippen LogP contribution in [0.15, 0.2) is 36.4 Å². The number of rotatable bonds is 3. The van der Waals surface area contributed by atoms with Gasteiger partial charge in [0.1, 0.15) is 0 Å². The zero-order chi connectivity index (χ0) is 14.7. The maximum absolute atomic E-state index is 9.24. The SMILES string of the molecule is N#Cc1ccc(N2CCN(CCO)CC2)c2ccccc12. The largest absolute Gasteiger partial charge is 0.395 e. The van der Waals surface area contributed by atoms with Crippen molar-refractivity contribution in [1.82, 2.24) is 4.90 Å². The highest BCUT2D eigenvalue weighted by atomic mass is 16.3. The number of fused-ring (bicyclic) bond motifs is 1. The number of anilines is 1. The van der Waals surface area contributed by atoms with Crippen molar-refractivity contribution in [3.63, 3.8) is 0 Å². The number of aliphatic hydroxyl groups excluding tert-OH is 1. The molecule has 0 amide bonds. The Morgan fingerprint density at radius 1 is 1.00 bits per heavy atom. The van der Waals surface area contributed by atoms with Crippen LogP contribution in [-0.2, 0) is 0 Å². The molecular formula is C17H19N3O. The van der Waals surface area contributed by atoms with Crippen molar-refractivity contribution in [1.29, 1.82) is 5.26 Å². The van der Waals surface area contributed by atoms with Crippen LogP contribution in [0.4, 0.5) is 5.69 Å². The lowest BCUT2D eigenvalue weighted by atomic mass is 10.0. The molecule has 0 radical (unpaired) electrons. The summed E-state index contributed by atoms with van der Waals surface area (Å²) in [6.45, 7) is 4.82. The summed E-state index contributed by atoms with van der Waals surface area (Å²) in [6, 6.07) is 14.3. The third-order valence-electron chi connectivity index (χ3n) is 4.15. The molecular weight excluding hydrogens is 262 g/mol. The highest BCUT2D eigenvalue weighted by Crippen LogP contribution is 2.29. The van der Waals surface area contributed by atoms with E-state index in [4.69, 9.17) is 5.11 Å². The molecule has 3 rings (SSSR count). The fraction of sp³-hybridized carbons (Fsp3) is 0.353. The smallest absolute Gasteiger partial charge is 0.0998 e. The number of piperazine rings is 1. The molecule has 0 spiro atoms. The molecule has 1 saturated heterocycles. The summed E-state index contributed by atoms with van der Waals surface area (Å²) in [5.74, 6) is 0. The summed E-state index contributed by atoms with van der Waals surface area (Å²) < 4.78 is 0. The number of nitriles is 1. The lowest BCUT2D eigenvalue weighted by Gasteiger charge is -2.36. The van der Waals surface area contributed by atoms with Gasteiger partial charge < -0.3 is 10.0 Å². The maximum Gasteiger partial charge on any atom is 0.0998 e. The lowest BCUT2D eigenvalue weighted by Crippen LogP contribution is -2.47. The molecule has 4 nitrogen and oxygen atoms in total. The minimum Gasteiger partial charge on any atom is -0.395 e. The fourth-order valence-electron chi connectivity index (χ4n) is 3.01. The quantitative estimate of drug-likeness (QED) is 0.932. The standard InChI is InChI=1S/C17H19N3O/c18-13-14-5-6-17(16-4-2-1-3-15(14)16)20-9-7-19(8-10-20)11-12-21/h1-6,21H,7-12H2. The van der Waals surface area contributed by atoms with Crippen molar-refractivity contribution in [2.24, 2.45) is 0 Å². The molecule has 0 aliphatic carbocycles. The highest BCUT2D eigenvalue weighted by molar-refractivity contribution is 5.97. The van der Waals surface area contributed by atoms with E-state index in [0.29, 0.717) is 0 Å². The number of β-amino-alcohol motifs (C(OH)–C–C–N with tert-alkyl or cyclic N) is 1. The molecule has 0 saturated carbocycles. The van der Waals surface area contributed by atoms with Crippen LogP contribution in [0.2, 0.25) is 0 Å². The first kappa shape index (κ1) is 13.9. The van der Waals surface area contributed by atoms with Crippen molar-refractivity contribution in [2.45, 2.75) is 0 Å². The van der Waals surface area contributed by atoms with E-state index in [0.717, 1.165) is 49.1 Å². The minimum atomic E-state index is 0.222. The predicted octanol–water partition coefficient (Wildman–Crippen LogP) is 1.83. The molecule has 2 aromatic rings. The zero-order valence-corrected chi connectivity index (χ0v) is 12.0. The van der Waals surface area contributed by atoms with Crippen molar-refractivity contribution >= 4 is 16.5 Å². The van der Waals surface area contributed by atoms with Gasteiger partial charge in [-0.3, -0.25) is 4.90 Å². The summed E-state index contributed by atoms with van der Waals surface area (Å²) in [4.78, 5) is 4.65. The second-order valence-electron chi connectivity index (χ2n) is 5.34. The van der Waals surface area contributed by atoms with Crippen molar-refractivity contribution < 1.29 is 5.11 Å². The summed E-state index contributed by atoms with van der Waals surface area (Å²) in [7, 11) is 0. The Bertz CT molecular complexity index is 669. The van der Waals surface area contributed by atoms with Gasteiger partial charge in [0.2, 0.25) is 0 Å². The normalized spacial score (nSPS) is 16.1. The Morgan fingerprint density at radius 3 is 2.38 bits per heavy atom. The zero-order valence-electron chi connectivity index (χ0n) is 12.0. The summed E-state index contributed by atoms with van der Waals surface area (Å²) in [5.41, 5.74) is 1.93. The Morgan fingerprint density at radius 2 is 1.71 bits per heavy atom. The number of hydrogen-bond acceptors (Lipinski definition) is 4. The lowest BCUT2D eigenvalue weighted by molar-refractivity contribution is 0.189. The summed E-state index contributed by atoms with van der Waals surface area (Å²) >= 11 is 0. The molecule has 1 fully saturated rings. The molecule has 0 aromatic heterocycles. The molecule has 21 heavy (non-hydrogen) atoms. The molecule has 2 aromatic carbocycles. The molecule has 1 N–H and O–H groups in total. The first-order valence-electron chi connectivity index (χ1n) is 7.33. The van der Waals surface area contributed by atoms with Gasteiger partial charge in [-0.2, -0.15) is 5.26 Å². The van der Waals surface area contributed by atoms with Gasteiger partial charge in [0.15, 0.2) is 0 Å². The second-order valence-corrected chi connectivity index (χ2v) is 5.34. The molecule has 0 unspecified atom stereocenters. The Labute approximate surface area is 124 Å². The van der Waals surface area contributed by atoms with Crippen LogP contribution >= 0.6 is 0 Å². The number of aliphatic hydroxyl groups is 1. The van der Waals surface area contributed by atoms with Gasteiger partial charge in [-0.25, -0.2) is 0 Å². The molecule has 0 atom stereocenters. The summed E-state index contributed by atoms with van der Waals surface area (Å²) in [6.07, 6.45) is 0. The topological polar surface area (TPSA) is 50.5 Å². The van der Waals surface area contributed by atoms with Gasteiger partial charge in [0.25, 0.3) is 0 Å². The number of benzene rings is 2. The van der Waals surface area contributed by atoms with Gasteiger partial charge in [-0.15, -0.1) is 0 Å². The highest BCUT2D eigenvalue weighted by Gasteiger charge is 2.18. The Hall–Kier alpha value is -2.09. The van der Waals surface area contributed by atoms with Gasteiger partial charge in [0.05, 0.1) is 18.2 Å². The molecule has 1 aliphatic rings. The van der Waals surface area contributed by atoms with E-state index in [9.17, 15) is 5.26 Å².